The van der Waals surface area contributed by atoms with Crippen molar-refractivity contribution in [2.45, 2.75) is 25.3 Å². The molecule has 0 saturated carbocycles. The van der Waals surface area contributed by atoms with Crippen molar-refractivity contribution < 1.29 is 9.72 Å². The van der Waals surface area contributed by atoms with E-state index in [1.54, 1.807) is 12.1 Å². The number of rotatable bonds is 3. The van der Waals surface area contributed by atoms with Crippen molar-refractivity contribution in [2.75, 3.05) is 13.1 Å². The molecule has 1 fully saturated rings. The molecule has 0 aliphatic carbocycles. The van der Waals surface area contributed by atoms with Gasteiger partial charge in [-0.2, -0.15) is 0 Å². The minimum absolute atomic E-state index is 0.0148. The standard InChI is InChI=1S/C15H17N3O3S/c16-9-12-3-1-2-6-17(12)15(19)14-8-10-7-11(18(20)21)4-5-13(10)22-14/h4-5,7-8,12H,1-3,6,9,16H2. The molecule has 1 atom stereocenters. The van der Waals surface area contributed by atoms with Crippen molar-refractivity contribution >= 4 is 33.0 Å². The Kier molecular flexibility index (Phi) is 4.08. The minimum atomic E-state index is -0.423. The monoisotopic (exact) mass is 319 g/mol. The normalized spacial score (nSPS) is 18.6. The Balaban J connectivity index is 1.92. The Hall–Kier alpha value is -1.99. The predicted octanol–water partition coefficient (Wildman–Crippen LogP) is 2.76. The molecule has 7 heteroatoms. The molecule has 2 N–H and O–H groups in total. The maximum absolute atomic E-state index is 12.7. The number of non-ortho nitro benzene ring substituents is 1. The van der Waals surface area contributed by atoms with E-state index in [9.17, 15) is 14.9 Å². The second kappa shape index (κ2) is 6.02. The molecule has 1 aliphatic rings. The number of carbonyl (C=O) groups is 1. The van der Waals surface area contributed by atoms with Gasteiger partial charge < -0.3 is 10.6 Å². The lowest BCUT2D eigenvalue weighted by Crippen LogP contribution is -2.47. The van der Waals surface area contributed by atoms with Crippen LogP contribution in [-0.2, 0) is 0 Å². The highest BCUT2D eigenvalue weighted by Gasteiger charge is 2.27. The number of likely N-dealkylation sites (tertiary alicyclic amines) is 1. The molecule has 1 aliphatic heterocycles. The molecule has 1 aromatic heterocycles. The summed E-state index contributed by atoms with van der Waals surface area (Å²) in [7, 11) is 0. The first-order valence-electron chi connectivity index (χ1n) is 7.29. The number of benzene rings is 1. The molecule has 116 valence electrons. The number of nitrogens with zero attached hydrogens (tertiary/aromatic N) is 2. The molecule has 1 amide bonds. The van der Waals surface area contributed by atoms with Crippen molar-refractivity contribution in [3.63, 3.8) is 0 Å². The third-order valence-corrected chi connectivity index (χ3v) is 5.19. The molecule has 0 radical (unpaired) electrons. The van der Waals surface area contributed by atoms with Crippen LogP contribution in [0.15, 0.2) is 24.3 Å². The van der Waals surface area contributed by atoms with Crippen LogP contribution in [0.5, 0.6) is 0 Å². The fourth-order valence-corrected chi connectivity index (χ4v) is 3.90. The molecule has 0 spiro atoms. The van der Waals surface area contributed by atoms with Crippen LogP contribution in [0.4, 0.5) is 5.69 Å². The summed E-state index contributed by atoms with van der Waals surface area (Å²) in [6, 6.07) is 6.53. The summed E-state index contributed by atoms with van der Waals surface area (Å²) in [5.74, 6) is -0.0148. The van der Waals surface area contributed by atoms with Crippen molar-refractivity contribution in [2.24, 2.45) is 5.73 Å². The molecule has 0 bridgehead atoms. The average molecular weight is 319 g/mol. The number of nitro groups is 1. The summed E-state index contributed by atoms with van der Waals surface area (Å²) < 4.78 is 0.884. The zero-order valence-corrected chi connectivity index (χ0v) is 12.8. The third kappa shape index (κ3) is 2.69. The van der Waals surface area contributed by atoms with Gasteiger partial charge in [0.2, 0.25) is 0 Å². The molecule has 2 heterocycles. The summed E-state index contributed by atoms with van der Waals surface area (Å²) in [6.45, 7) is 1.21. The van der Waals surface area contributed by atoms with E-state index in [0.717, 1.165) is 35.9 Å². The van der Waals surface area contributed by atoms with E-state index in [1.807, 2.05) is 4.90 Å². The quantitative estimate of drug-likeness (QED) is 0.696. The van der Waals surface area contributed by atoms with Gasteiger partial charge in [0.1, 0.15) is 0 Å². The van der Waals surface area contributed by atoms with Gasteiger partial charge in [-0.15, -0.1) is 11.3 Å². The van der Waals surface area contributed by atoms with Gasteiger partial charge in [0, 0.05) is 41.4 Å². The zero-order valence-electron chi connectivity index (χ0n) is 12.0. The molecule has 3 rings (SSSR count). The SMILES string of the molecule is NCC1CCCCN1C(=O)c1cc2cc([N+](=O)[O-])ccc2s1. The van der Waals surface area contributed by atoms with Crippen molar-refractivity contribution in [1.82, 2.24) is 4.90 Å². The van der Waals surface area contributed by atoms with Crippen LogP contribution in [0, 0.1) is 10.1 Å². The van der Waals surface area contributed by atoms with E-state index in [0.29, 0.717) is 11.4 Å². The fraction of sp³-hybridized carbons (Fsp3) is 0.400. The summed E-state index contributed by atoms with van der Waals surface area (Å²) in [5, 5.41) is 11.6. The second-order valence-electron chi connectivity index (χ2n) is 5.47. The lowest BCUT2D eigenvalue weighted by molar-refractivity contribution is -0.384. The molecule has 22 heavy (non-hydrogen) atoms. The van der Waals surface area contributed by atoms with Crippen LogP contribution in [0.2, 0.25) is 0 Å². The number of nitrogens with two attached hydrogens (primary N) is 1. The van der Waals surface area contributed by atoms with Crippen LogP contribution in [0.1, 0.15) is 28.9 Å². The van der Waals surface area contributed by atoms with Crippen LogP contribution < -0.4 is 5.73 Å². The van der Waals surface area contributed by atoms with Crippen LogP contribution in [0.25, 0.3) is 10.1 Å². The van der Waals surface area contributed by atoms with E-state index in [1.165, 1.54) is 23.5 Å². The van der Waals surface area contributed by atoms with Crippen molar-refractivity contribution in [3.8, 4) is 0 Å². The lowest BCUT2D eigenvalue weighted by atomic mass is 10.0. The molecule has 6 nitrogen and oxygen atoms in total. The van der Waals surface area contributed by atoms with Crippen molar-refractivity contribution in [3.05, 3.63) is 39.3 Å². The minimum Gasteiger partial charge on any atom is -0.334 e. The molecule has 1 saturated heterocycles. The van der Waals surface area contributed by atoms with Gasteiger partial charge in [-0.25, -0.2) is 0 Å². The highest BCUT2D eigenvalue weighted by Crippen LogP contribution is 2.31. The average Bonchev–Trinajstić information content (AvgIpc) is 2.97. The van der Waals surface area contributed by atoms with Gasteiger partial charge in [-0.3, -0.25) is 14.9 Å². The van der Waals surface area contributed by atoms with Gasteiger partial charge in [0.15, 0.2) is 0 Å². The van der Waals surface area contributed by atoms with Gasteiger partial charge in [0.25, 0.3) is 11.6 Å². The lowest BCUT2D eigenvalue weighted by Gasteiger charge is -2.34. The topological polar surface area (TPSA) is 89.5 Å². The number of thiophene rings is 1. The van der Waals surface area contributed by atoms with Gasteiger partial charge in [-0.1, -0.05) is 0 Å². The van der Waals surface area contributed by atoms with Crippen LogP contribution in [-0.4, -0.2) is 34.9 Å². The first kappa shape index (κ1) is 14.9. The fourth-order valence-electron chi connectivity index (χ4n) is 2.90. The van der Waals surface area contributed by atoms with Crippen LogP contribution >= 0.6 is 11.3 Å². The Morgan fingerprint density at radius 1 is 1.41 bits per heavy atom. The molecular weight excluding hydrogens is 302 g/mol. The maximum Gasteiger partial charge on any atom is 0.270 e. The predicted molar refractivity (Wildman–Crippen MR) is 86.2 cm³/mol. The summed E-state index contributed by atoms with van der Waals surface area (Å²) in [6.07, 6.45) is 3.04. The summed E-state index contributed by atoms with van der Waals surface area (Å²) in [4.78, 5) is 25.6. The smallest absolute Gasteiger partial charge is 0.270 e. The highest BCUT2D eigenvalue weighted by atomic mass is 32.1. The van der Waals surface area contributed by atoms with Gasteiger partial charge >= 0.3 is 0 Å². The number of piperidine rings is 1. The number of hydrogen-bond acceptors (Lipinski definition) is 5. The summed E-state index contributed by atoms with van der Waals surface area (Å²) >= 11 is 1.38. The molecule has 2 aromatic rings. The Labute approximate surface area is 131 Å². The van der Waals surface area contributed by atoms with E-state index in [4.69, 9.17) is 5.73 Å². The van der Waals surface area contributed by atoms with Crippen molar-refractivity contribution in [1.29, 1.82) is 0 Å². The second-order valence-corrected chi connectivity index (χ2v) is 6.56. The van der Waals surface area contributed by atoms with E-state index in [-0.39, 0.29) is 17.6 Å². The Morgan fingerprint density at radius 2 is 2.23 bits per heavy atom. The van der Waals surface area contributed by atoms with Crippen LogP contribution in [0.3, 0.4) is 0 Å². The van der Waals surface area contributed by atoms with Gasteiger partial charge in [-0.05, 0) is 31.4 Å². The van der Waals surface area contributed by atoms with Gasteiger partial charge in [0.05, 0.1) is 9.80 Å². The number of hydrogen-bond donors (Lipinski definition) is 1. The third-order valence-electron chi connectivity index (χ3n) is 4.08. The molecular formula is C15H17N3O3S. The largest absolute Gasteiger partial charge is 0.334 e. The molecule has 1 unspecified atom stereocenters. The molecule has 1 aromatic carbocycles. The van der Waals surface area contributed by atoms with E-state index in [2.05, 4.69) is 0 Å². The Bertz CT molecular complexity index is 728. The Morgan fingerprint density at radius 3 is 2.95 bits per heavy atom. The first-order valence-corrected chi connectivity index (χ1v) is 8.11. The summed E-state index contributed by atoms with van der Waals surface area (Å²) in [5.41, 5.74) is 5.82. The van der Waals surface area contributed by atoms with E-state index < -0.39 is 4.92 Å². The van der Waals surface area contributed by atoms with E-state index >= 15 is 0 Å². The number of amides is 1. The number of fused-ring (bicyclic) bond motifs is 1. The maximum atomic E-state index is 12.7. The highest BCUT2D eigenvalue weighted by molar-refractivity contribution is 7.20. The first-order chi connectivity index (χ1) is 10.6. The zero-order chi connectivity index (χ0) is 15.7. The number of nitro benzene ring substituents is 1. The number of carbonyl (C=O) groups excluding carboxylic acids is 1.